The average molecular weight is 153 g/mol. The maximum Gasteiger partial charge on any atom is 0.414 e. The first-order valence-corrected chi connectivity index (χ1v) is 4.00. The molecule has 0 aliphatic carbocycles. The van der Waals surface area contributed by atoms with E-state index in [1.54, 1.807) is 4.90 Å². The van der Waals surface area contributed by atoms with E-state index in [9.17, 15) is 4.79 Å². The second-order valence-corrected chi connectivity index (χ2v) is 2.83. The Labute approximate surface area is 65.6 Å². The molecule has 11 heavy (non-hydrogen) atoms. The maximum atomic E-state index is 11.0. The van der Waals surface area contributed by atoms with Crippen LogP contribution in [0.25, 0.3) is 0 Å². The first-order valence-electron chi connectivity index (χ1n) is 4.00. The third-order valence-corrected chi connectivity index (χ3v) is 2.09. The standard InChI is InChI=1S/C8H11NO2/c1-2-3-6-7-4-5-11-8(10)9(6)7/h3,7H,2,4-5H2,1H3/b6-3+. The molecule has 60 valence electrons. The average Bonchev–Trinajstić information content (AvgIpc) is 2.66. The van der Waals surface area contributed by atoms with Crippen molar-refractivity contribution in [3.8, 4) is 0 Å². The molecule has 2 rings (SSSR count). The zero-order chi connectivity index (χ0) is 7.84. The van der Waals surface area contributed by atoms with E-state index in [-0.39, 0.29) is 6.09 Å². The van der Waals surface area contributed by atoms with Crippen molar-refractivity contribution < 1.29 is 9.53 Å². The maximum absolute atomic E-state index is 11.0. The van der Waals surface area contributed by atoms with Gasteiger partial charge in [-0.15, -0.1) is 0 Å². The van der Waals surface area contributed by atoms with Gasteiger partial charge < -0.3 is 4.74 Å². The molecule has 3 nitrogen and oxygen atoms in total. The molecule has 2 saturated heterocycles. The molecule has 0 saturated carbocycles. The Morgan fingerprint density at radius 2 is 2.64 bits per heavy atom. The number of nitrogens with zero attached hydrogens (tertiary/aromatic N) is 1. The largest absolute Gasteiger partial charge is 0.449 e. The van der Waals surface area contributed by atoms with Crippen LogP contribution in [0.2, 0.25) is 0 Å². The number of ether oxygens (including phenoxy) is 1. The molecule has 2 fully saturated rings. The van der Waals surface area contributed by atoms with Gasteiger partial charge in [0.15, 0.2) is 0 Å². The highest BCUT2D eigenvalue weighted by Crippen LogP contribution is 2.39. The Morgan fingerprint density at radius 1 is 1.82 bits per heavy atom. The van der Waals surface area contributed by atoms with Crippen LogP contribution in [0.5, 0.6) is 0 Å². The van der Waals surface area contributed by atoms with Crippen LogP contribution in [0, 0.1) is 0 Å². The molecule has 2 aliphatic heterocycles. The van der Waals surface area contributed by atoms with E-state index in [0.29, 0.717) is 12.6 Å². The number of hydrogen-bond acceptors (Lipinski definition) is 2. The highest BCUT2D eigenvalue weighted by atomic mass is 16.6. The Bertz CT molecular complexity index is 222. The molecule has 0 spiro atoms. The van der Waals surface area contributed by atoms with Crippen molar-refractivity contribution in [1.29, 1.82) is 0 Å². The molecule has 0 radical (unpaired) electrons. The monoisotopic (exact) mass is 153 g/mol. The Morgan fingerprint density at radius 3 is 3.27 bits per heavy atom. The van der Waals surface area contributed by atoms with Crippen molar-refractivity contribution in [2.45, 2.75) is 25.8 Å². The van der Waals surface area contributed by atoms with Crippen molar-refractivity contribution in [3.63, 3.8) is 0 Å². The summed E-state index contributed by atoms with van der Waals surface area (Å²) in [5, 5.41) is 0. The van der Waals surface area contributed by atoms with Gasteiger partial charge in [0.2, 0.25) is 0 Å². The van der Waals surface area contributed by atoms with Crippen LogP contribution < -0.4 is 0 Å². The highest BCUT2D eigenvalue weighted by Gasteiger charge is 2.48. The van der Waals surface area contributed by atoms with Crippen molar-refractivity contribution in [2.75, 3.05) is 6.61 Å². The van der Waals surface area contributed by atoms with E-state index in [1.807, 2.05) is 0 Å². The fourth-order valence-electron chi connectivity index (χ4n) is 1.54. The van der Waals surface area contributed by atoms with Gasteiger partial charge in [-0.25, -0.2) is 4.79 Å². The summed E-state index contributed by atoms with van der Waals surface area (Å²) in [5.74, 6) is 0. The van der Waals surface area contributed by atoms with Crippen molar-refractivity contribution in [3.05, 3.63) is 11.8 Å². The van der Waals surface area contributed by atoms with Gasteiger partial charge >= 0.3 is 6.09 Å². The van der Waals surface area contributed by atoms with Gasteiger partial charge in [0.05, 0.1) is 12.6 Å². The summed E-state index contributed by atoms with van der Waals surface area (Å²) in [6.07, 6.45) is 3.89. The Balaban J connectivity index is 2.10. The van der Waals surface area contributed by atoms with E-state index in [0.717, 1.165) is 18.5 Å². The first-order chi connectivity index (χ1) is 5.34. The lowest BCUT2D eigenvalue weighted by Crippen LogP contribution is -2.22. The predicted octanol–water partition coefficient (Wildman–Crippen LogP) is 1.50. The van der Waals surface area contributed by atoms with Crippen LogP contribution in [0.1, 0.15) is 19.8 Å². The van der Waals surface area contributed by atoms with Gasteiger partial charge in [0, 0.05) is 12.1 Å². The van der Waals surface area contributed by atoms with Crippen LogP contribution in [-0.4, -0.2) is 23.6 Å². The van der Waals surface area contributed by atoms with E-state index in [2.05, 4.69) is 13.0 Å². The number of rotatable bonds is 1. The molecule has 2 aliphatic rings. The van der Waals surface area contributed by atoms with Crippen LogP contribution in [-0.2, 0) is 4.74 Å². The minimum atomic E-state index is -0.166. The molecule has 0 aromatic rings. The number of fused-ring (bicyclic) bond motifs is 1. The molecule has 2 heterocycles. The fraction of sp³-hybridized carbons (Fsp3) is 0.625. The van der Waals surface area contributed by atoms with Crippen molar-refractivity contribution in [2.24, 2.45) is 0 Å². The van der Waals surface area contributed by atoms with E-state index < -0.39 is 0 Å². The molecule has 1 unspecified atom stereocenters. The van der Waals surface area contributed by atoms with E-state index in [1.165, 1.54) is 0 Å². The van der Waals surface area contributed by atoms with Gasteiger partial charge in [0.25, 0.3) is 0 Å². The summed E-state index contributed by atoms with van der Waals surface area (Å²) >= 11 is 0. The quantitative estimate of drug-likeness (QED) is 0.534. The molecule has 0 bridgehead atoms. The molecule has 0 aromatic carbocycles. The van der Waals surface area contributed by atoms with Gasteiger partial charge in [-0.2, -0.15) is 0 Å². The Hall–Kier alpha value is -0.990. The molecule has 0 aromatic heterocycles. The summed E-state index contributed by atoms with van der Waals surface area (Å²) in [6, 6.07) is 0.385. The smallest absolute Gasteiger partial charge is 0.414 e. The van der Waals surface area contributed by atoms with Gasteiger partial charge in [-0.05, 0) is 6.42 Å². The van der Waals surface area contributed by atoms with E-state index >= 15 is 0 Å². The SMILES string of the molecule is CC/C=C1\C2CCOC(=O)N12. The molecule has 3 heteroatoms. The zero-order valence-corrected chi connectivity index (χ0v) is 6.54. The lowest BCUT2D eigenvalue weighted by molar-refractivity contribution is 0.111. The van der Waals surface area contributed by atoms with E-state index in [4.69, 9.17) is 4.74 Å². The second-order valence-electron chi connectivity index (χ2n) is 2.83. The number of cyclic esters (lactones) is 1. The van der Waals surface area contributed by atoms with Gasteiger partial charge in [-0.1, -0.05) is 13.0 Å². The first kappa shape index (κ1) is 6.70. The van der Waals surface area contributed by atoms with Gasteiger partial charge in [-0.3, -0.25) is 4.90 Å². The summed E-state index contributed by atoms with van der Waals surface area (Å²) < 4.78 is 4.85. The van der Waals surface area contributed by atoms with Crippen molar-refractivity contribution in [1.82, 2.24) is 4.90 Å². The second kappa shape index (κ2) is 2.26. The molecular formula is C8H11NO2. The zero-order valence-electron chi connectivity index (χ0n) is 6.54. The number of hydrogen-bond donors (Lipinski definition) is 0. The summed E-state index contributed by atoms with van der Waals surface area (Å²) in [4.78, 5) is 12.7. The number of allylic oxidation sites excluding steroid dienone is 1. The predicted molar refractivity (Wildman–Crippen MR) is 40.0 cm³/mol. The molecule has 1 atom stereocenters. The number of carbonyl (C=O) groups is 1. The minimum absolute atomic E-state index is 0.166. The Kier molecular flexibility index (Phi) is 1.37. The lowest BCUT2D eigenvalue weighted by atomic mass is 10.3. The summed E-state index contributed by atoms with van der Waals surface area (Å²) in [6.45, 7) is 2.66. The third kappa shape index (κ3) is 0.914. The van der Waals surface area contributed by atoms with Crippen LogP contribution in [0.4, 0.5) is 4.79 Å². The molecule has 1 amide bonds. The van der Waals surface area contributed by atoms with Crippen molar-refractivity contribution >= 4 is 6.09 Å². The van der Waals surface area contributed by atoms with Crippen LogP contribution >= 0.6 is 0 Å². The minimum Gasteiger partial charge on any atom is -0.449 e. The highest BCUT2D eigenvalue weighted by molar-refractivity contribution is 5.77. The topological polar surface area (TPSA) is 29.3 Å². The van der Waals surface area contributed by atoms with Crippen LogP contribution in [0.3, 0.4) is 0 Å². The van der Waals surface area contributed by atoms with Crippen LogP contribution in [0.15, 0.2) is 11.8 Å². The normalized spacial score (nSPS) is 31.7. The molecule has 0 N–H and O–H groups in total. The fourth-order valence-corrected chi connectivity index (χ4v) is 1.54. The number of amides is 1. The summed E-state index contributed by atoms with van der Waals surface area (Å²) in [7, 11) is 0. The lowest BCUT2D eigenvalue weighted by Gasteiger charge is -2.09. The van der Waals surface area contributed by atoms with Gasteiger partial charge in [0.1, 0.15) is 0 Å². The third-order valence-electron chi connectivity index (χ3n) is 2.09. The summed E-state index contributed by atoms with van der Waals surface area (Å²) in [5.41, 5.74) is 1.16. The number of carbonyl (C=O) groups excluding carboxylic acids is 1. The molecular weight excluding hydrogens is 142 g/mol.